The first-order valence-corrected chi connectivity index (χ1v) is 13.8. The molecule has 2 bridgehead atoms. The minimum Gasteiger partial charge on any atom is -0.504 e. The zero-order valence-corrected chi connectivity index (χ0v) is 20.7. The van der Waals surface area contributed by atoms with Crippen LogP contribution < -0.4 is 4.74 Å². The Kier molecular flexibility index (Phi) is 3.80. The van der Waals surface area contributed by atoms with Gasteiger partial charge in [-0.05, 0) is 73.5 Å². The fraction of sp³-hybridized carbons (Fsp3) is 0.375. The van der Waals surface area contributed by atoms with Crippen LogP contribution in [0.3, 0.4) is 0 Å². The summed E-state index contributed by atoms with van der Waals surface area (Å²) in [5.74, 6) is 1.55. The quantitative estimate of drug-likeness (QED) is 0.423. The number of piperidine rings is 1. The highest BCUT2D eigenvalue weighted by atomic mass is 16.5. The summed E-state index contributed by atoms with van der Waals surface area (Å²) in [6, 6.07) is 23.0. The normalized spacial score (nSPS) is 31.2. The van der Waals surface area contributed by atoms with E-state index < -0.39 is 11.0 Å². The van der Waals surface area contributed by atoms with Gasteiger partial charge >= 0.3 is 0 Å². The molecule has 1 saturated carbocycles. The summed E-state index contributed by atoms with van der Waals surface area (Å²) in [5, 5.41) is 25.3. The highest BCUT2D eigenvalue weighted by Crippen LogP contribution is 2.69. The number of likely N-dealkylation sites (tertiary alicyclic amines) is 1. The number of hydrogen-bond acceptors (Lipinski definition) is 4. The van der Waals surface area contributed by atoms with Crippen molar-refractivity contribution in [3.05, 3.63) is 89.1 Å². The lowest BCUT2D eigenvalue weighted by molar-refractivity contribution is -0.173. The second-order valence-electron chi connectivity index (χ2n) is 12.0. The number of fused-ring (bicyclic) bond motifs is 4. The lowest BCUT2D eigenvalue weighted by atomic mass is 9.49. The van der Waals surface area contributed by atoms with E-state index in [1.165, 1.54) is 29.4 Å². The Morgan fingerprint density at radius 1 is 0.973 bits per heavy atom. The summed E-state index contributed by atoms with van der Waals surface area (Å²) in [5.41, 5.74) is 5.33. The molecular weight excluding hydrogens is 460 g/mol. The van der Waals surface area contributed by atoms with E-state index in [0.717, 1.165) is 54.3 Å². The summed E-state index contributed by atoms with van der Waals surface area (Å²) in [6.07, 6.45) is 4.49. The molecule has 3 aromatic carbocycles. The maximum Gasteiger partial charge on any atom is 0.166 e. The Bertz CT molecular complexity index is 1610. The molecule has 5 heteroatoms. The molecular formula is C32H30N2O3. The van der Waals surface area contributed by atoms with Gasteiger partial charge in [0.05, 0.1) is 22.2 Å². The summed E-state index contributed by atoms with van der Waals surface area (Å²) >= 11 is 0. The van der Waals surface area contributed by atoms with Crippen LogP contribution >= 0.6 is 0 Å². The van der Waals surface area contributed by atoms with E-state index >= 15 is 0 Å². The van der Waals surface area contributed by atoms with Gasteiger partial charge in [0.2, 0.25) is 0 Å². The van der Waals surface area contributed by atoms with Gasteiger partial charge in [0, 0.05) is 35.6 Å². The van der Waals surface area contributed by atoms with Gasteiger partial charge in [0.1, 0.15) is 0 Å². The summed E-state index contributed by atoms with van der Waals surface area (Å²) in [6.45, 7) is 2.03. The highest BCUT2D eigenvalue weighted by molar-refractivity contribution is 5.89. The monoisotopic (exact) mass is 490 g/mol. The Morgan fingerprint density at radius 3 is 2.62 bits per heavy atom. The van der Waals surface area contributed by atoms with Gasteiger partial charge in [-0.15, -0.1) is 0 Å². The number of aromatic nitrogens is 1. The molecule has 4 aromatic rings. The van der Waals surface area contributed by atoms with Gasteiger partial charge in [0.25, 0.3) is 0 Å². The molecule has 2 unspecified atom stereocenters. The van der Waals surface area contributed by atoms with E-state index in [4.69, 9.17) is 4.74 Å². The predicted molar refractivity (Wildman–Crippen MR) is 141 cm³/mol. The standard InChI is InChI=1S/C32H30N2O3/c35-25-13-12-20-16-26-32(36)17-23-22-8-4-5-9-24(22)34(21-6-2-1-3-7-21)28(23)30-31(32,27(20)29(25)37-30)14-15-33(26)18-19-10-11-19/h1-9,12-13,19,26,30,35-36H,10-11,14-18H2/t26-,30?,31+,32?/m1/s1. The van der Waals surface area contributed by atoms with Gasteiger partial charge in [0.15, 0.2) is 17.6 Å². The lowest BCUT2D eigenvalue weighted by Crippen LogP contribution is -2.74. The van der Waals surface area contributed by atoms with Gasteiger partial charge < -0.3 is 19.5 Å². The number of phenolic OH excluding ortho intramolecular Hbond substituents is 1. The first kappa shape index (κ1) is 20.7. The number of ether oxygens (including phenoxy) is 1. The van der Waals surface area contributed by atoms with Gasteiger partial charge in [-0.2, -0.15) is 0 Å². The smallest absolute Gasteiger partial charge is 0.166 e. The lowest BCUT2D eigenvalue weighted by Gasteiger charge is -2.63. The Hall–Kier alpha value is -3.28. The van der Waals surface area contributed by atoms with Crippen LogP contribution in [0.25, 0.3) is 16.6 Å². The largest absolute Gasteiger partial charge is 0.504 e. The number of hydrogen-bond donors (Lipinski definition) is 2. The molecule has 3 heterocycles. The average Bonchev–Trinajstić information content (AvgIpc) is 3.57. The number of rotatable bonds is 3. The van der Waals surface area contributed by atoms with Crippen molar-refractivity contribution in [2.45, 2.75) is 55.3 Å². The van der Waals surface area contributed by atoms with E-state index in [9.17, 15) is 10.2 Å². The minimum absolute atomic E-state index is 0.0444. The maximum atomic E-state index is 13.1. The third-order valence-electron chi connectivity index (χ3n) is 10.2. The number of benzene rings is 3. The van der Waals surface area contributed by atoms with Crippen LogP contribution in [-0.4, -0.2) is 44.4 Å². The molecule has 37 heavy (non-hydrogen) atoms. The van der Waals surface area contributed by atoms with Gasteiger partial charge in [-0.25, -0.2) is 0 Å². The molecule has 4 atom stereocenters. The van der Waals surface area contributed by atoms with Crippen molar-refractivity contribution in [1.82, 2.24) is 9.47 Å². The Morgan fingerprint density at radius 2 is 1.78 bits per heavy atom. The maximum absolute atomic E-state index is 13.1. The van der Waals surface area contributed by atoms with E-state index in [2.05, 4.69) is 64.1 Å². The fourth-order valence-electron chi connectivity index (χ4n) is 8.57. The van der Waals surface area contributed by atoms with Crippen molar-refractivity contribution in [3.8, 4) is 17.2 Å². The third kappa shape index (κ3) is 2.39. The molecule has 2 aliphatic heterocycles. The molecule has 1 spiro atoms. The van der Waals surface area contributed by atoms with Crippen LogP contribution in [0.1, 0.15) is 47.8 Å². The summed E-state index contributed by atoms with van der Waals surface area (Å²) in [4.78, 5) is 2.59. The van der Waals surface area contributed by atoms with Crippen LogP contribution in [-0.2, 0) is 18.3 Å². The molecule has 5 aliphatic rings. The van der Waals surface area contributed by atoms with Crippen molar-refractivity contribution < 1.29 is 14.9 Å². The SMILES string of the molecule is Oc1ccc2c3c1OC1c4c(c5ccccc5n4-c4ccccc4)CC4(O)[C@@H](C2)N(CC2CC2)CC[C@]314. The van der Waals surface area contributed by atoms with E-state index in [-0.39, 0.29) is 17.9 Å². The zero-order chi connectivity index (χ0) is 24.5. The van der Waals surface area contributed by atoms with E-state index in [1.807, 2.05) is 6.07 Å². The molecule has 2 fully saturated rings. The topological polar surface area (TPSA) is 57.9 Å². The van der Waals surface area contributed by atoms with Crippen LogP contribution in [0.15, 0.2) is 66.7 Å². The number of nitrogens with zero attached hydrogens (tertiary/aromatic N) is 2. The molecule has 1 aromatic heterocycles. The van der Waals surface area contributed by atoms with Crippen molar-refractivity contribution in [2.75, 3.05) is 13.1 Å². The number of aliphatic hydroxyl groups is 1. The number of aromatic hydroxyl groups is 1. The number of para-hydroxylation sites is 2. The van der Waals surface area contributed by atoms with Crippen molar-refractivity contribution in [2.24, 2.45) is 5.92 Å². The van der Waals surface area contributed by atoms with Crippen LogP contribution in [0.2, 0.25) is 0 Å². The first-order chi connectivity index (χ1) is 18.1. The Labute approximate surface area is 215 Å². The summed E-state index contributed by atoms with van der Waals surface area (Å²) < 4.78 is 9.23. The zero-order valence-electron chi connectivity index (χ0n) is 20.7. The Balaban J connectivity index is 1.37. The predicted octanol–water partition coefficient (Wildman–Crippen LogP) is 5.04. The van der Waals surface area contributed by atoms with Crippen LogP contribution in [0, 0.1) is 5.92 Å². The minimum atomic E-state index is -0.963. The van der Waals surface area contributed by atoms with Gasteiger partial charge in [-0.3, -0.25) is 4.90 Å². The fourth-order valence-corrected chi connectivity index (χ4v) is 8.57. The molecule has 1 saturated heterocycles. The summed E-state index contributed by atoms with van der Waals surface area (Å²) in [7, 11) is 0. The van der Waals surface area contributed by atoms with Crippen molar-refractivity contribution in [3.63, 3.8) is 0 Å². The van der Waals surface area contributed by atoms with Crippen LogP contribution in [0.5, 0.6) is 11.5 Å². The molecule has 3 aliphatic carbocycles. The molecule has 0 radical (unpaired) electrons. The molecule has 9 rings (SSSR count). The van der Waals surface area contributed by atoms with E-state index in [0.29, 0.717) is 12.2 Å². The average molecular weight is 491 g/mol. The third-order valence-corrected chi connectivity index (χ3v) is 10.2. The van der Waals surface area contributed by atoms with Crippen LogP contribution in [0.4, 0.5) is 0 Å². The number of phenols is 1. The van der Waals surface area contributed by atoms with Gasteiger partial charge in [-0.1, -0.05) is 42.5 Å². The van der Waals surface area contributed by atoms with E-state index in [1.54, 1.807) is 6.07 Å². The second-order valence-corrected chi connectivity index (χ2v) is 12.0. The highest BCUT2D eigenvalue weighted by Gasteiger charge is 2.73. The first-order valence-electron chi connectivity index (χ1n) is 13.8. The second kappa shape index (κ2) is 6.77. The molecule has 2 N–H and O–H groups in total. The molecule has 186 valence electrons. The molecule has 5 nitrogen and oxygen atoms in total. The van der Waals surface area contributed by atoms with Crippen molar-refractivity contribution >= 4 is 10.9 Å². The molecule has 0 amide bonds. The van der Waals surface area contributed by atoms with Crippen molar-refractivity contribution in [1.29, 1.82) is 0 Å².